The van der Waals surface area contributed by atoms with E-state index in [4.69, 9.17) is 34.0 Å². The maximum absolute atomic E-state index is 14.1. The van der Waals surface area contributed by atoms with Crippen LogP contribution < -0.4 is 5.73 Å². The Morgan fingerprint density at radius 3 is 1.98 bits per heavy atom. The fraction of sp³-hybridized carbons (Fsp3) is 0.257. The molecule has 7 nitrogen and oxygen atoms in total. The van der Waals surface area contributed by atoms with Gasteiger partial charge >= 0.3 is 0 Å². The van der Waals surface area contributed by atoms with Crippen LogP contribution in [0.5, 0.6) is 0 Å². The summed E-state index contributed by atoms with van der Waals surface area (Å²) in [6.07, 6.45) is 3.31. The first-order valence-electron chi connectivity index (χ1n) is 15.2. The molecule has 1 aliphatic heterocycles. The smallest absolute Gasteiger partial charge is 0.251 e. The number of aromatic nitrogens is 2. The molecule has 0 atom stereocenters. The molecule has 2 N–H and O–H groups in total. The molecular weight excluding hydrogens is 646 g/mol. The van der Waals surface area contributed by atoms with E-state index in [9.17, 15) is 17.6 Å². The Labute approximate surface area is 276 Å². The lowest BCUT2D eigenvalue weighted by Gasteiger charge is -2.32. The molecule has 1 aromatic heterocycles. The van der Waals surface area contributed by atoms with Gasteiger partial charge in [-0.3, -0.25) is 9.48 Å². The summed E-state index contributed by atoms with van der Waals surface area (Å²) in [4.78, 5) is 11.5. The van der Waals surface area contributed by atoms with Crippen molar-refractivity contribution >= 4 is 50.0 Å². The highest BCUT2D eigenvalue weighted by atomic mass is 35.5. The summed E-state index contributed by atoms with van der Waals surface area (Å²) in [5.74, 6) is -1.84. The molecule has 2 aliphatic rings. The fourth-order valence-electron chi connectivity index (χ4n) is 6.58. The van der Waals surface area contributed by atoms with E-state index in [1.807, 2.05) is 48.5 Å². The Morgan fingerprint density at radius 2 is 1.41 bits per heavy atom. The number of amides is 1. The summed E-state index contributed by atoms with van der Waals surface area (Å²) in [5, 5.41) is 7.45. The van der Waals surface area contributed by atoms with Crippen molar-refractivity contribution in [1.82, 2.24) is 14.1 Å². The number of nitrogens with two attached hydrogens (primary N) is 1. The van der Waals surface area contributed by atoms with Gasteiger partial charge in [0.25, 0.3) is 5.91 Å². The van der Waals surface area contributed by atoms with Crippen LogP contribution in [0.15, 0.2) is 89.8 Å². The van der Waals surface area contributed by atoms with Crippen molar-refractivity contribution in [3.63, 3.8) is 0 Å². The second kappa shape index (κ2) is 12.1. The number of carbonyl (C=O) groups is 1. The zero-order valence-corrected chi connectivity index (χ0v) is 27.1. The van der Waals surface area contributed by atoms with Gasteiger partial charge < -0.3 is 5.73 Å². The number of piperidine rings is 1. The highest BCUT2D eigenvalue weighted by Crippen LogP contribution is 2.44. The van der Waals surface area contributed by atoms with E-state index in [1.165, 1.54) is 10.4 Å². The molecule has 0 unspecified atom stereocenters. The van der Waals surface area contributed by atoms with Gasteiger partial charge in [0.2, 0.25) is 10.0 Å². The van der Waals surface area contributed by atoms with E-state index >= 15 is 0 Å². The molecule has 0 radical (unpaired) electrons. The molecule has 1 aliphatic carbocycles. The average molecular weight is 678 g/mol. The number of benzene rings is 4. The van der Waals surface area contributed by atoms with E-state index in [2.05, 4.69) is 22.9 Å². The molecule has 2 fully saturated rings. The predicted molar refractivity (Wildman–Crippen MR) is 178 cm³/mol. The molecule has 11 heteroatoms. The zero-order valence-electron chi connectivity index (χ0n) is 24.7. The van der Waals surface area contributed by atoms with Gasteiger partial charge in [0.15, 0.2) is 0 Å². The lowest BCUT2D eigenvalue weighted by Crippen LogP contribution is -2.38. The number of primary amides is 1. The first kappa shape index (κ1) is 30.9. The van der Waals surface area contributed by atoms with E-state index in [-0.39, 0.29) is 29.8 Å². The molecule has 0 spiro atoms. The molecule has 1 amide bonds. The van der Waals surface area contributed by atoms with Crippen molar-refractivity contribution in [3.05, 3.63) is 129 Å². The predicted octanol–water partition coefficient (Wildman–Crippen LogP) is 7.66. The molecule has 46 heavy (non-hydrogen) atoms. The van der Waals surface area contributed by atoms with Gasteiger partial charge in [-0.05, 0) is 97.0 Å². The molecule has 1 saturated carbocycles. The van der Waals surface area contributed by atoms with Crippen molar-refractivity contribution in [3.8, 4) is 0 Å². The van der Waals surface area contributed by atoms with Crippen LogP contribution in [0.4, 0.5) is 4.39 Å². The third-order valence-corrected chi connectivity index (χ3v) is 11.5. The summed E-state index contributed by atoms with van der Waals surface area (Å²) >= 11 is 12.5. The largest absolute Gasteiger partial charge is 0.366 e. The number of hydrogen-bond donors (Lipinski definition) is 1. The van der Waals surface area contributed by atoms with Crippen LogP contribution >= 0.6 is 23.2 Å². The van der Waals surface area contributed by atoms with Crippen LogP contribution in [0.25, 0.3) is 10.9 Å². The first-order chi connectivity index (χ1) is 22.1. The second-order valence-electron chi connectivity index (χ2n) is 12.1. The Hall–Kier alpha value is -3.76. The lowest BCUT2D eigenvalue weighted by molar-refractivity contribution is 0.0996. The number of fused-ring (bicyclic) bond motifs is 1. The van der Waals surface area contributed by atoms with Crippen molar-refractivity contribution < 1.29 is 17.6 Å². The van der Waals surface area contributed by atoms with E-state index < -0.39 is 27.3 Å². The monoisotopic (exact) mass is 676 g/mol. The van der Waals surface area contributed by atoms with Crippen LogP contribution in [0.2, 0.25) is 10.0 Å². The standard InChI is InChI=1S/C35H31Cl2FN4O3S/c36-25-6-1-21(2-7-25)33(22-3-8-26(37)9-4-22)24-5-14-32-30(19-24)34(42(40-32)27-10-11-27)23-15-17-41(18-16-23)46(44,45)28-12-13-31(38)29(20-28)35(39)43/h1-9,12-14,19-20,23,27,33H,10-11,15-18H2,(H2,39,43). The lowest BCUT2D eigenvalue weighted by atomic mass is 9.84. The van der Waals surface area contributed by atoms with Gasteiger partial charge in [-0.1, -0.05) is 53.5 Å². The molecule has 5 aromatic rings. The Bertz CT molecular complexity index is 2010. The molecule has 236 valence electrons. The molecule has 4 aromatic carbocycles. The second-order valence-corrected chi connectivity index (χ2v) is 14.9. The molecule has 1 saturated heterocycles. The van der Waals surface area contributed by atoms with Gasteiger partial charge in [-0.25, -0.2) is 12.8 Å². The SMILES string of the molecule is NC(=O)c1cc(S(=O)(=O)N2CCC(c3c4cc(C(c5ccc(Cl)cc5)c5ccc(Cl)cc5)ccc4nn3C3CC3)CC2)ccc1F. The summed E-state index contributed by atoms with van der Waals surface area (Å²) in [5.41, 5.74) is 10.2. The van der Waals surface area contributed by atoms with Crippen molar-refractivity contribution in [2.45, 2.75) is 48.5 Å². The number of rotatable bonds is 8. The third kappa shape index (κ3) is 5.81. The Balaban J connectivity index is 1.23. The molecule has 0 bridgehead atoms. The minimum atomic E-state index is -3.95. The quantitative estimate of drug-likeness (QED) is 0.171. The maximum Gasteiger partial charge on any atom is 0.251 e. The van der Waals surface area contributed by atoms with Gasteiger partial charge in [-0.2, -0.15) is 9.40 Å². The molecular formula is C35H31Cl2FN4O3S. The summed E-state index contributed by atoms with van der Waals surface area (Å²) in [7, 11) is -3.95. The number of hydrogen-bond acceptors (Lipinski definition) is 4. The minimum absolute atomic E-state index is 0.0657. The van der Waals surface area contributed by atoms with Crippen LogP contribution in [0.1, 0.15) is 76.3 Å². The summed E-state index contributed by atoms with van der Waals surface area (Å²) < 4.78 is 44.7. The minimum Gasteiger partial charge on any atom is -0.366 e. The fourth-order valence-corrected chi connectivity index (χ4v) is 8.33. The first-order valence-corrected chi connectivity index (χ1v) is 17.4. The van der Waals surface area contributed by atoms with Gasteiger partial charge in [0.05, 0.1) is 22.0 Å². The molecule has 7 rings (SSSR count). The normalized spacial score (nSPS) is 16.3. The van der Waals surface area contributed by atoms with Crippen LogP contribution in [0, 0.1) is 5.82 Å². The maximum atomic E-state index is 14.1. The van der Waals surface area contributed by atoms with Gasteiger partial charge in [-0.15, -0.1) is 0 Å². The zero-order chi connectivity index (χ0) is 32.2. The topological polar surface area (TPSA) is 98.3 Å². The Kier molecular flexibility index (Phi) is 8.13. The highest BCUT2D eigenvalue weighted by molar-refractivity contribution is 7.89. The van der Waals surface area contributed by atoms with E-state index in [1.54, 1.807) is 0 Å². The number of nitrogens with zero attached hydrogens (tertiary/aromatic N) is 3. The van der Waals surface area contributed by atoms with Gasteiger partial charge in [0.1, 0.15) is 5.82 Å². The van der Waals surface area contributed by atoms with Crippen LogP contribution in [-0.4, -0.2) is 41.5 Å². The van der Waals surface area contributed by atoms with Crippen molar-refractivity contribution in [2.75, 3.05) is 13.1 Å². The number of carbonyl (C=O) groups excluding carboxylic acids is 1. The van der Waals surface area contributed by atoms with E-state index in [0.717, 1.165) is 58.3 Å². The number of sulfonamides is 1. The van der Waals surface area contributed by atoms with Crippen LogP contribution in [-0.2, 0) is 10.0 Å². The third-order valence-electron chi connectivity index (χ3n) is 9.07. The highest BCUT2D eigenvalue weighted by Gasteiger charge is 2.36. The molecule has 2 heterocycles. The van der Waals surface area contributed by atoms with Crippen molar-refractivity contribution in [1.29, 1.82) is 0 Å². The number of halogens is 3. The summed E-state index contributed by atoms with van der Waals surface area (Å²) in [6, 6.07) is 25.7. The van der Waals surface area contributed by atoms with E-state index in [0.29, 0.717) is 28.9 Å². The van der Waals surface area contributed by atoms with Gasteiger partial charge in [0, 0.05) is 46.1 Å². The average Bonchev–Trinajstić information content (AvgIpc) is 3.83. The van der Waals surface area contributed by atoms with Crippen LogP contribution in [0.3, 0.4) is 0 Å². The van der Waals surface area contributed by atoms with Crippen molar-refractivity contribution in [2.24, 2.45) is 5.73 Å². The Morgan fingerprint density at radius 1 is 0.826 bits per heavy atom. The summed E-state index contributed by atoms with van der Waals surface area (Å²) in [6.45, 7) is 0.566.